The number of H-pyrrole nitrogens is 1. The van der Waals surface area contributed by atoms with E-state index in [1.54, 1.807) is 0 Å². The molecule has 3 N–H and O–H groups in total. The molecule has 2 rings (SSSR count). The lowest BCUT2D eigenvalue weighted by atomic mass is 10.1. The summed E-state index contributed by atoms with van der Waals surface area (Å²) in [6, 6.07) is 3.67. The highest BCUT2D eigenvalue weighted by Crippen LogP contribution is 2.29. The van der Waals surface area contributed by atoms with Crippen molar-refractivity contribution >= 4 is 23.1 Å². The summed E-state index contributed by atoms with van der Waals surface area (Å²) in [6.07, 6.45) is 0.562. The van der Waals surface area contributed by atoms with Crippen molar-refractivity contribution in [3.63, 3.8) is 0 Å². The number of nitrogens with two attached hydrogens (primary N) is 1. The quantitative estimate of drug-likeness (QED) is 0.442. The van der Waals surface area contributed by atoms with Crippen molar-refractivity contribution in [2.75, 3.05) is 38.0 Å². The molecule has 0 radical (unpaired) electrons. The van der Waals surface area contributed by atoms with Gasteiger partial charge in [0, 0.05) is 31.8 Å². The van der Waals surface area contributed by atoms with Crippen LogP contribution in [0.15, 0.2) is 27.8 Å². The van der Waals surface area contributed by atoms with Crippen molar-refractivity contribution in [2.24, 2.45) is 0 Å². The number of nitrogens with zero attached hydrogens (tertiary/aromatic N) is 3. The maximum Gasteiger partial charge on any atom is 0.330 e. The van der Waals surface area contributed by atoms with E-state index in [1.165, 1.54) is 26.4 Å². The number of carbonyl (C=O) groups excluding carboxylic acids is 1. The van der Waals surface area contributed by atoms with Gasteiger partial charge in [-0.15, -0.1) is 0 Å². The molecule has 30 heavy (non-hydrogen) atoms. The number of benzene rings is 1. The zero-order chi connectivity index (χ0) is 22.4. The van der Waals surface area contributed by atoms with E-state index in [4.69, 9.17) is 15.2 Å². The van der Waals surface area contributed by atoms with E-state index >= 15 is 0 Å². The standard InChI is InChI=1S/C18H23N5O7/c1-4-7-22-15(19)14(16(24)20-18(22)26)21(8-9-29-2)17(25)11-5-6-13(30-3)12(10-11)23(27)28/h5-6,10H,4,7-9,19H2,1-3H3,(H,20,24,26). The van der Waals surface area contributed by atoms with Gasteiger partial charge in [-0.05, 0) is 18.6 Å². The number of nitrogen functional groups attached to an aromatic ring is 1. The van der Waals surface area contributed by atoms with E-state index in [2.05, 4.69) is 4.98 Å². The molecule has 0 aliphatic heterocycles. The molecule has 1 aromatic carbocycles. The highest BCUT2D eigenvalue weighted by atomic mass is 16.6. The van der Waals surface area contributed by atoms with E-state index < -0.39 is 27.8 Å². The molecule has 1 aromatic heterocycles. The molecule has 0 fully saturated rings. The van der Waals surface area contributed by atoms with Crippen LogP contribution in [0.5, 0.6) is 5.75 Å². The molecule has 2 aromatic rings. The highest BCUT2D eigenvalue weighted by molar-refractivity contribution is 6.07. The number of amides is 1. The van der Waals surface area contributed by atoms with Gasteiger partial charge in [0.15, 0.2) is 11.4 Å². The number of methoxy groups -OCH3 is 2. The number of carbonyl (C=O) groups is 1. The van der Waals surface area contributed by atoms with Crippen molar-refractivity contribution in [1.82, 2.24) is 9.55 Å². The van der Waals surface area contributed by atoms with E-state index in [-0.39, 0.29) is 42.5 Å². The Kier molecular flexibility index (Phi) is 7.31. The molecule has 0 saturated carbocycles. The van der Waals surface area contributed by atoms with Crippen LogP contribution in [-0.2, 0) is 11.3 Å². The maximum absolute atomic E-state index is 13.2. The number of nitrogens with one attached hydrogen (secondary N) is 1. The fourth-order valence-electron chi connectivity index (χ4n) is 2.90. The lowest BCUT2D eigenvalue weighted by molar-refractivity contribution is -0.385. The minimum Gasteiger partial charge on any atom is -0.490 e. The van der Waals surface area contributed by atoms with E-state index in [0.29, 0.717) is 6.42 Å². The van der Waals surface area contributed by atoms with Gasteiger partial charge in [-0.3, -0.25) is 34.2 Å². The average Bonchev–Trinajstić information content (AvgIpc) is 2.72. The van der Waals surface area contributed by atoms with Gasteiger partial charge in [-0.2, -0.15) is 0 Å². The Hall–Kier alpha value is -3.67. The number of aromatic nitrogens is 2. The van der Waals surface area contributed by atoms with Crippen LogP contribution in [-0.4, -0.2) is 47.8 Å². The van der Waals surface area contributed by atoms with E-state index in [9.17, 15) is 24.5 Å². The molecule has 0 atom stereocenters. The van der Waals surface area contributed by atoms with Crippen LogP contribution in [0.4, 0.5) is 17.2 Å². The third-order valence-electron chi connectivity index (χ3n) is 4.32. The summed E-state index contributed by atoms with van der Waals surface area (Å²) in [4.78, 5) is 51.6. The normalized spacial score (nSPS) is 10.6. The number of ether oxygens (including phenoxy) is 2. The fourth-order valence-corrected chi connectivity index (χ4v) is 2.90. The fraction of sp³-hybridized carbons (Fsp3) is 0.389. The topological polar surface area (TPSA) is 163 Å². The molecule has 0 unspecified atom stereocenters. The highest BCUT2D eigenvalue weighted by Gasteiger charge is 2.27. The molecule has 12 heteroatoms. The summed E-state index contributed by atoms with van der Waals surface area (Å²) in [5.74, 6) is -0.927. The summed E-state index contributed by atoms with van der Waals surface area (Å²) in [5, 5.41) is 11.3. The number of aromatic amines is 1. The monoisotopic (exact) mass is 421 g/mol. The van der Waals surface area contributed by atoms with Crippen LogP contribution >= 0.6 is 0 Å². The van der Waals surface area contributed by atoms with Crippen LogP contribution in [0.3, 0.4) is 0 Å². The smallest absolute Gasteiger partial charge is 0.330 e. The first kappa shape index (κ1) is 22.6. The molecular formula is C18H23N5O7. The zero-order valence-corrected chi connectivity index (χ0v) is 16.8. The summed E-state index contributed by atoms with van der Waals surface area (Å²) in [6.45, 7) is 2.03. The second kappa shape index (κ2) is 9.69. The van der Waals surface area contributed by atoms with Crippen molar-refractivity contribution in [1.29, 1.82) is 0 Å². The Morgan fingerprint density at radius 1 is 1.33 bits per heavy atom. The van der Waals surface area contributed by atoms with Crippen LogP contribution in [0.25, 0.3) is 0 Å². The van der Waals surface area contributed by atoms with Crippen molar-refractivity contribution in [3.8, 4) is 5.75 Å². The Labute approximate surface area is 171 Å². The number of nitro benzene ring substituents is 1. The number of nitro groups is 1. The molecule has 1 heterocycles. The Bertz CT molecular complexity index is 1060. The number of rotatable bonds is 9. The van der Waals surface area contributed by atoms with Crippen LogP contribution in [0, 0.1) is 10.1 Å². The molecule has 12 nitrogen and oxygen atoms in total. The molecule has 0 aliphatic carbocycles. The van der Waals surface area contributed by atoms with Crippen molar-refractivity contribution in [3.05, 3.63) is 54.7 Å². The zero-order valence-electron chi connectivity index (χ0n) is 16.8. The minimum absolute atomic E-state index is 0.0196. The number of anilines is 2. The number of hydrogen-bond donors (Lipinski definition) is 2. The molecule has 0 bridgehead atoms. The van der Waals surface area contributed by atoms with Crippen LogP contribution in [0.2, 0.25) is 0 Å². The van der Waals surface area contributed by atoms with Gasteiger partial charge >= 0.3 is 11.4 Å². The lowest BCUT2D eigenvalue weighted by Crippen LogP contribution is -2.42. The predicted molar refractivity (Wildman–Crippen MR) is 109 cm³/mol. The molecule has 0 aliphatic rings. The lowest BCUT2D eigenvalue weighted by Gasteiger charge is -2.24. The second-order valence-electron chi connectivity index (χ2n) is 6.24. The van der Waals surface area contributed by atoms with E-state index in [1.807, 2.05) is 6.92 Å². The SMILES string of the molecule is CCCn1c(N)c(N(CCOC)C(=O)c2ccc(OC)c([N+](=O)[O-])c2)c(=O)[nH]c1=O. The Balaban J connectivity index is 2.65. The van der Waals surface area contributed by atoms with Gasteiger partial charge in [-0.25, -0.2) is 4.79 Å². The summed E-state index contributed by atoms with van der Waals surface area (Å²) < 4.78 is 11.1. The molecular weight excluding hydrogens is 398 g/mol. The minimum atomic E-state index is -0.850. The van der Waals surface area contributed by atoms with Gasteiger partial charge < -0.3 is 15.2 Å². The first-order valence-electron chi connectivity index (χ1n) is 9.02. The molecule has 0 saturated heterocycles. The van der Waals surface area contributed by atoms with Crippen molar-refractivity contribution < 1.29 is 19.2 Å². The summed E-state index contributed by atoms with van der Waals surface area (Å²) in [7, 11) is 2.68. The third kappa shape index (κ3) is 4.49. The second-order valence-corrected chi connectivity index (χ2v) is 6.24. The molecule has 162 valence electrons. The first-order valence-corrected chi connectivity index (χ1v) is 9.02. The van der Waals surface area contributed by atoms with Gasteiger partial charge in [0.1, 0.15) is 5.82 Å². The van der Waals surface area contributed by atoms with E-state index in [0.717, 1.165) is 15.5 Å². The van der Waals surface area contributed by atoms with Gasteiger partial charge in [0.25, 0.3) is 11.5 Å². The third-order valence-corrected chi connectivity index (χ3v) is 4.32. The largest absolute Gasteiger partial charge is 0.490 e. The predicted octanol–water partition coefficient (Wildman–Crippen LogP) is 0.739. The van der Waals surface area contributed by atoms with Crippen LogP contribution in [0.1, 0.15) is 23.7 Å². The van der Waals surface area contributed by atoms with Gasteiger partial charge in [0.05, 0.1) is 18.6 Å². The summed E-state index contributed by atoms with van der Waals surface area (Å²) in [5.41, 5.74) is 3.81. The maximum atomic E-state index is 13.2. The molecule has 0 spiro atoms. The van der Waals surface area contributed by atoms with Crippen LogP contribution < -0.4 is 26.6 Å². The summed E-state index contributed by atoms with van der Waals surface area (Å²) >= 11 is 0. The Morgan fingerprint density at radius 2 is 2.03 bits per heavy atom. The average molecular weight is 421 g/mol. The van der Waals surface area contributed by atoms with Gasteiger partial charge in [0.2, 0.25) is 0 Å². The number of hydrogen-bond acceptors (Lipinski definition) is 8. The van der Waals surface area contributed by atoms with Crippen molar-refractivity contribution in [2.45, 2.75) is 19.9 Å². The Morgan fingerprint density at radius 3 is 2.60 bits per heavy atom. The van der Waals surface area contributed by atoms with Gasteiger partial charge in [-0.1, -0.05) is 6.92 Å². The first-order chi connectivity index (χ1) is 14.3. The molecule has 1 amide bonds.